The van der Waals surface area contributed by atoms with Crippen molar-refractivity contribution in [3.63, 3.8) is 0 Å². The van der Waals surface area contributed by atoms with Crippen molar-refractivity contribution in [1.29, 1.82) is 0 Å². The van der Waals surface area contributed by atoms with Crippen LogP contribution in [0, 0.1) is 0 Å². The summed E-state index contributed by atoms with van der Waals surface area (Å²) in [6.07, 6.45) is 0. The molecule has 100 valence electrons. The fourth-order valence-corrected chi connectivity index (χ4v) is 1.91. The Morgan fingerprint density at radius 2 is 2.06 bits per heavy atom. The van der Waals surface area contributed by atoms with Gasteiger partial charge in [0.15, 0.2) is 0 Å². The van der Waals surface area contributed by atoms with Crippen LogP contribution in [0.3, 0.4) is 0 Å². The maximum atomic E-state index is 11.7. The second-order valence-corrected chi connectivity index (χ2v) is 5.22. The van der Waals surface area contributed by atoms with Gasteiger partial charge in [-0.25, -0.2) is 0 Å². The Balaban J connectivity index is 2.73. The van der Waals surface area contributed by atoms with Gasteiger partial charge in [0.2, 0.25) is 5.91 Å². The summed E-state index contributed by atoms with van der Waals surface area (Å²) in [7, 11) is 3.50. The smallest absolute Gasteiger partial charge is 0.236 e. The number of halogens is 1. The molecule has 4 nitrogen and oxygen atoms in total. The SMILES string of the molecule is CCN(CC(=O)N(C)C)Cc1cc(O)ccc1Br. The molecule has 18 heavy (non-hydrogen) atoms. The molecule has 0 aliphatic heterocycles. The first kappa shape index (κ1) is 15.0. The van der Waals surface area contributed by atoms with Crippen LogP contribution in [0.4, 0.5) is 0 Å². The first-order valence-corrected chi connectivity index (χ1v) is 6.63. The molecule has 0 saturated carbocycles. The predicted molar refractivity (Wildman–Crippen MR) is 75.5 cm³/mol. The average molecular weight is 315 g/mol. The molecule has 0 spiro atoms. The van der Waals surface area contributed by atoms with E-state index in [0.29, 0.717) is 13.1 Å². The Bertz CT molecular complexity index is 421. The number of carbonyl (C=O) groups excluding carboxylic acids is 1. The highest BCUT2D eigenvalue weighted by atomic mass is 79.9. The van der Waals surface area contributed by atoms with Crippen molar-refractivity contribution >= 4 is 21.8 Å². The van der Waals surface area contributed by atoms with Crippen LogP contribution in [0.5, 0.6) is 5.75 Å². The minimum absolute atomic E-state index is 0.0770. The summed E-state index contributed by atoms with van der Waals surface area (Å²) >= 11 is 3.45. The van der Waals surface area contributed by atoms with Crippen molar-refractivity contribution in [2.75, 3.05) is 27.2 Å². The Kier molecular flexibility index (Phi) is 5.62. The van der Waals surface area contributed by atoms with Gasteiger partial charge < -0.3 is 10.0 Å². The molecular weight excluding hydrogens is 296 g/mol. The minimum Gasteiger partial charge on any atom is -0.508 e. The number of phenolic OH excluding ortho intramolecular Hbond substituents is 1. The number of benzene rings is 1. The van der Waals surface area contributed by atoms with Crippen LogP contribution < -0.4 is 0 Å². The van der Waals surface area contributed by atoms with Gasteiger partial charge in [-0.2, -0.15) is 0 Å². The number of amides is 1. The van der Waals surface area contributed by atoms with E-state index in [0.717, 1.165) is 16.6 Å². The van der Waals surface area contributed by atoms with Crippen molar-refractivity contribution in [1.82, 2.24) is 9.80 Å². The van der Waals surface area contributed by atoms with Gasteiger partial charge >= 0.3 is 0 Å². The summed E-state index contributed by atoms with van der Waals surface area (Å²) in [5, 5.41) is 9.48. The fourth-order valence-electron chi connectivity index (χ4n) is 1.54. The van der Waals surface area contributed by atoms with E-state index in [1.165, 1.54) is 0 Å². The molecule has 1 aromatic carbocycles. The number of nitrogens with zero attached hydrogens (tertiary/aromatic N) is 2. The van der Waals surface area contributed by atoms with Gasteiger partial charge in [0, 0.05) is 25.1 Å². The molecule has 0 heterocycles. The standard InChI is InChI=1S/C13H19BrN2O2/c1-4-16(9-13(18)15(2)3)8-10-7-11(17)5-6-12(10)14/h5-7,17H,4,8-9H2,1-3H3. The van der Waals surface area contributed by atoms with Crippen LogP contribution in [0.1, 0.15) is 12.5 Å². The number of rotatable bonds is 5. The molecule has 1 N–H and O–H groups in total. The molecule has 0 aliphatic rings. The third-order valence-corrected chi connectivity index (χ3v) is 3.50. The number of hydrogen-bond acceptors (Lipinski definition) is 3. The van der Waals surface area contributed by atoms with E-state index in [1.54, 1.807) is 31.1 Å². The van der Waals surface area contributed by atoms with Gasteiger partial charge in [-0.15, -0.1) is 0 Å². The number of hydrogen-bond donors (Lipinski definition) is 1. The fraction of sp³-hybridized carbons (Fsp3) is 0.462. The quantitative estimate of drug-likeness (QED) is 0.904. The maximum absolute atomic E-state index is 11.7. The summed E-state index contributed by atoms with van der Waals surface area (Å²) in [5.74, 6) is 0.316. The monoisotopic (exact) mass is 314 g/mol. The highest BCUT2D eigenvalue weighted by Gasteiger charge is 2.12. The van der Waals surface area contributed by atoms with E-state index in [2.05, 4.69) is 15.9 Å². The molecule has 0 bridgehead atoms. The zero-order chi connectivity index (χ0) is 13.7. The molecule has 0 aliphatic carbocycles. The summed E-state index contributed by atoms with van der Waals surface area (Å²) in [4.78, 5) is 15.3. The second-order valence-electron chi connectivity index (χ2n) is 4.37. The zero-order valence-electron chi connectivity index (χ0n) is 11.0. The lowest BCUT2D eigenvalue weighted by molar-refractivity contribution is -0.130. The Hall–Kier alpha value is -1.07. The van der Waals surface area contributed by atoms with Gasteiger partial charge in [0.25, 0.3) is 0 Å². The van der Waals surface area contributed by atoms with Crippen LogP contribution in [0.2, 0.25) is 0 Å². The second kappa shape index (κ2) is 6.75. The van der Waals surface area contributed by atoms with Gasteiger partial charge in [-0.1, -0.05) is 22.9 Å². The average Bonchev–Trinajstić information content (AvgIpc) is 2.32. The molecular formula is C13H19BrN2O2. The van der Waals surface area contributed by atoms with Crippen LogP contribution >= 0.6 is 15.9 Å². The number of likely N-dealkylation sites (N-methyl/N-ethyl adjacent to an activating group) is 2. The minimum atomic E-state index is 0.0770. The lowest BCUT2D eigenvalue weighted by Crippen LogP contribution is -2.36. The van der Waals surface area contributed by atoms with Crippen molar-refractivity contribution in [3.8, 4) is 5.75 Å². The van der Waals surface area contributed by atoms with Crippen molar-refractivity contribution < 1.29 is 9.90 Å². The third kappa shape index (κ3) is 4.31. The molecule has 0 unspecified atom stereocenters. The topological polar surface area (TPSA) is 43.8 Å². The normalized spacial score (nSPS) is 10.7. The van der Waals surface area contributed by atoms with Gasteiger partial charge in [-0.3, -0.25) is 9.69 Å². The van der Waals surface area contributed by atoms with E-state index in [4.69, 9.17) is 0 Å². The maximum Gasteiger partial charge on any atom is 0.236 e. The molecule has 0 fully saturated rings. The van der Waals surface area contributed by atoms with Crippen LogP contribution in [-0.4, -0.2) is 48.0 Å². The lowest BCUT2D eigenvalue weighted by atomic mass is 10.2. The summed E-state index contributed by atoms with van der Waals surface area (Å²) in [6.45, 7) is 3.80. The van der Waals surface area contributed by atoms with Gasteiger partial charge in [-0.05, 0) is 30.3 Å². The summed E-state index contributed by atoms with van der Waals surface area (Å²) in [5.41, 5.74) is 0.975. The molecule has 1 amide bonds. The van der Waals surface area contributed by atoms with E-state index in [1.807, 2.05) is 17.9 Å². The van der Waals surface area contributed by atoms with Gasteiger partial charge in [0.1, 0.15) is 5.75 Å². The van der Waals surface area contributed by atoms with Crippen LogP contribution in [-0.2, 0) is 11.3 Å². The largest absolute Gasteiger partial charge is 0.508 e. The molecule has 0 radical (unpaired) electrons. The van der Waals surface area contributed by atoms with Gasteiger partial charge in [0.05, 0.1) is 6.54 Å². The Labute approximate surface area is 116 Å². The van der Waals surface area contributed by atoms with E-state index in [-0.39, 0.29) is 11.7 Å². The summed E-state index contributed by atoms with van der Waals surface area (Å²) in [6, 6.07) is 5.16. The molecule has 1 aromatic rings. The van der Waals surface area contributed by atoms with Crippen molar-refractivity contribution in [3.05, 3.63) is 28.2 Å². The van der Waals surface area contributed by atoms with Crippen LogP contribution in [0.15, 0.2) is 22.7 Å². The highest BCUT2D eigenvalue weighted by molar-refractivity contribution is 9.10. The van der Waals surface area contributed by atoms with Crippen molar-refractivity contribution in [2.24, 2.45) is 0 Å². The van der Waals surface area contributed by atoms with Crippen LogP contribution in [0.25, 0.3) is 0 Å². The first-order valence-electron chi connectivity index (χ1n) is 5.84. The third-order valence-electron chi connectivity index (χ3n) is 2.73. The van der Waals surface area contributed by atoms with E-state index in [9.17, 15) is 9.90 Å². The molecule has 1 rings (SSSR count). The Morgan fingerprint density at radius 3 is 2.61 bits per heavy atom. The molecule has 0 saturated heterocycles. The van der Waals surface area contributed by atoms with E-state index < -0.39 is 0 Å². The number of carbonyl (C=O) groups is 1. The first-order chi connectivity index (χ1) is 8.43. The molecule has 5 heteroatoms. The summed E-state index contributed by atoms with van der Waals surface area (Å²) < 4.78 is 0.941. The number of phenols is 1. The lowest BCUT2D eigenvalue weighted by Gasteiger charge is -2.22. The molecule has 0 aromatic heterocycles. The zero-order valence-corrected chi connectivity index (χ0v) is 12.6. The van der Waals surface area contributed by atoms with E-state index >= 15 is 0 Å². The molecule has 0 atom stereocenters. The predicted octanol–water partition coefficient (Wildman–Crippen LogP) is 2.06. The van der Waals surface area contributed by atoms with Crippen molar-refractivity contribution in [2.45, 2.75) is 13.5 Å². The number of aromatic hydroxyl groups is 1. The Morgan fingerprint density at radius 1 is 1.39 bits per heavy atom. The highest BCUT2D eigenvalue weighted by Crippen LogP contribution is 2.23.